The molecule has 1 N–H and O–H groups in total. The van der Waals surface area contributed by atoms with Gasteiger partial charge in [0.1, 0.15) is 11.9 Å². The summed E-state index contributed by atoms with van der Waals surface area (Å²) >= 11 is 1.52. The second kappa shape index (κ2) is 10.8. The standard InChI is InChI=1S/C27H29FN2O2S/c1-19-8-10-20(11-9-19)18-30(25(31)17-24-7-4-16-33-24)26(21-12-14-22(28)15-13-21)27(32)29-23-5-2-3-6-23/h4,7-16,23,26H,2-3,5-6,17-18H2,1H3,(H,29,32). The van der Waals surface area contributed by atoms with Crippen molar-refractivity contribution in [2.24, 2.45) is 0 Å². The van der Waals surface area contributed by atoms with Crippen LogP contribution in [0.2, 0.25) is 0 Å². The molecule has 1 aromatic heterocycles. The molecule has 1 saturated carbocycles. The molecule has 0 saturated heterocycles. The topological polar surface area (TPSA) is 49.4 Å². The number of amides is 2. The van der Waals surface area contributed by atoms with E-state index in [9.17, 15) is 14.0 Å². The first-order valence-corrected chi connectivity index (χ1v) is 12.3. The lowest BCUT2D eigenvalue weighted by Crippen LogP contribution is -2.46. The smallest absolute Gasteiger partial charge is 0.247 e. The molecule has 2 aromatic carbocycles. The van der Waals surface area contributed by atoms with E-state index in [1.807, 2.05) is 48.7 Å². The minimum absolute atomic E-state index is 0.120. The summed E-state index contributed by atoms with van der Waals surface area (Å²) in [5.41, 5.74) is 2.68. The van der Waals surface area contributed by atoms with E-state index in [2.05, 4.69) is 5.32 Å². The molecule has 0 radical (unpaired) electrons. The molecule has 1 unspecified atom stereocenters. The number of carbonyl (C=O) groups is 2. The van der Waals surface area contributed by atoms with Crippen LogP contribution in [0.3, 0.4) is 0 Å². The average molecular weight is 465 g/mol. The molecular weight excluding hydrogens is 435 g/mol. The highest BCUT2D eigenvalue weighted by molar-refractivity contribution is 7.10. The number of carbonyl (C=O) groups excluding carboxylic acids is 2. The Labute approximate surface area is 198 Å². The van der Waals surface area contributed by atoms with Gasteiger partial charge in [0.15, 0.2) is 0 Å². The summed E-state index contributed by atoms with van der Waals surface area (Å²) in [6, 6.07) is 17.0. The summed E-state index contributed by atoms with van der Waals surface area (Å²) in [4.78, 5) is 29.8. The number of aryl methyl sites for hydroxylation is 1. The number of nitrogens with one attached hydrogen (secondary N) is 1. The average Bonchev–Trinajstić information content (AvgIpc) is 3.50. The van der Waals surface area contributed by atoms with Gasteiger partial charge in [-0.1, -0.05) is 60.9 Å². The maximum absolute atomic E-state index is 13.7. The molecule has 0 aliphatic heterocycles. The second-order valence-electron chi connectivity index (χ2n) is 8.71. The summed E-state index contributed by atoms with van der Waals surface area (Å²) < 4.78 is 13.7. The van der Waals surface area contributed by atoms with Crippen LogP contribution in [-0.4, -0.2) is 22.8 Å². The van der Waals surface area contributed by atoms with Crippen molar-refractivity contribution in [2.45, 2.75) is 57.7 Å². The van der Waals surface area contributed by atoms with Crippen molar-refractivity contribution in [3.63, 3.8) is 0 Å². The molecule has 1 fully saturated rings. The fourth-order valence-electron chi connectivity index (χ4n) is 4.35. The van der Waals surface area contributed by atoms with Crippen molar-refractivity contribution in [3.8, 4) is 0 Å². The van der Waals surface area contributed by atoms with Gasteiger partial charge in [-0.25, -0.2) is 4.39 Å². The van der Waals surface area contributed by atoms with Crippen molar-refractivity contribution in [1.82, 2.24) is 10.2 Å². The Morgan fingerprint density at radius 3 is 2.39 bits per heavy atom. The Balaban J connectivity index is 1.69. The molecule has 4 nitrogen and oxygen atoms in total. The van der Waals surface area contributed by atoms with E-state index < -0.39 is 6.04 Å². The molecule has 172 valence electrons. The van der Waals surface area contributed by atoms with E-state index in [1.54, 1.807) is 17.0 Å². The van der Waals surface area contributed by atoms with Crippen LogP contribution in [0.25, 0.3) is 0 Å². The SMILES string of the molecule is Cc1ccc(CN(C(=O)Cc2cccs2)C(C(=O)NC2CCCC2)c2ccc(F)cc2)cc1. The van der Waals surface area contributed by atoms with Gasteiger partial charge in [0.25, 0.3) is 0 Å². The molecule has 3 aromatic rings. The Morgan fingerprint density at radius 2 is 1.76 bits per heavy atom. The van der Waals surface area contributed by atoms with Gasteiger partial charge >= 0.3 is 0 Å². The van der Waals surface area contributed by atoms with E-state index >= 15 is 0 Å². The van der Waals surface area contributed by atoms with Crippen molar-refractivity contribution in [1.29, 1.82) is 0 Å². The van der Waals surface area contributed by atoms with Gasteiger partial charge in [0.05, 0.1) is 6.42 Å². The molecule has 1 aliphatic rings. The minimum atomic E-state index is -0.833. The number of hydrogen-bond donors (Lipinski definition) is 1. The van der Waals surface area contributed by atoms with Crippen LogP contribution >= 0.6 is 11.3 Å². The van der Waals surface area contributed by atoms with E-state index in [0.29, 0.717) is 12.1 Å². The highest BCUT2D eigenvalue weighted by Gasteiger charge is 2.33. The van der Waals surface area contributed by atoms with Gasteiger partial charge in [0, 0.05) is 17.5 Å². The highest BCUT2D eigenvalue weighted by atomic mass is 32.1. The quantitative estimate of drug-likeness (QED) is 0.474. The van der Waals surface area contributed by atoms with Gasteiger partial charge in [0.2, 0.25) is 11.8 Å². The summed E-state index contributed by atoms with van der Waals surface area (Å²) in [5.74, 6) is -0.710. The monoisotopic (exact) mass is 464 g/mol. The summed E-state index contributed by atoms with van der Waals surface area (Å²) in [6.45, 7) is 2.31. The van der Waals surface area contributed by atoms with Crippen molar-refractivity contribution < 1.29 is 14.0 Å². The highest BCUT2D eigenvalue weighted by Crippen LogP contribution is 2.27. The third-order valence-corrected chi connectivity index (χ3v) is 7.02. The molecule has 0 spiro atoms. The number of halogens is 1. The maximum atomic E-state index is 13.7. The lowest BCUT2D eigenvalue weighted by atomic mass is 10.0. The van der Waals surface area contributed by atoms with Gasteiger partial charge in [-0.2, -0.15) is 0 Å². The fourth-order valence-corrected chi connectivity index (χ4v) is 5.04. The van der Waals surface area contributed by atoms with Crippen LogP contribution in [0.1, 0.15) is 53.3 Å². The van der Waals surface area contributed by atoms with Crippen LogP contribution in [-0.2, 0) is 22.6 Å². The van der Waals surface area contributed by atoms with Crippen LogP contribution in [0.15, 0.2) is 66.0 Å². The number of thiophene rings is 1. The van der Waals surface area contributed by atoms with Crippen LogP contribution in [0, 0.1) is 12.7 Å². The molecule has 1 heterocycles. The zero-order chi connectivity index (χ0) is 23.2. The third kappa shape index (κ3) is 6.08. The van der Waals surface area contributed by atoms with Crippen LogP contribution in [0.5, 0.6) is 0 Å². The predicted octanol–water partition coefficient (Wildman–Crippen LogP) is 5.57. The molecule has 0 bridgehead atoms. The molecule has 2 amide bonds. The number of benzene rings is 2. The number of nitrogens with zero attached hydrogens (tertiary/aromatic N) is 1. The summed E-state index contributed by atoms with van der Waals surface area (Å²) in [5, 5.41) is 5.10. The fraction of sp³-hybridized carbons (Fsp3) is 0.333. The van der Waals surface area contributed by atoms with E-state index in [1.165, 1.54) is 23.5 Å². The third-order valence-electron chi connectivity index (χ3n) is 6.15. The van der Waals surface area contributed by atoms with Gasteiger partial charge in [-0.05, 0) is 54.5 Å². The summed E-state index contributed by atoms with van der Waals surface area (Å²) in [6.07, 6.45) is 4.30. The molecule has 1 atom stereocenters. The van der Waals surface area contributed by atoms with E-state index in [0.717, 1.165) is 41.7 Å². The zero-order valence-electron chi connectivity index (χ0n) is 18.8. The predicted molar refractivity (Wildman–Crippen MR) is 129 cm³/mol. The largest absolute Gasteiger partial charge is 0.351 e. The Hall–Kier alpha value is -2.99. The van der Waals surface area contributed by atoms with Gasteiger partial charge < -0.3 is 10.2 Å². The van der Waals surface area contributed by atoms with Crippen molar-refractivity contribution in [2.75, 3.05) is 0 Å². The Morgan fingerprint density at radius 1 is 1.06 bits per heavy atom. The molecule has 1 aliphatic carbocycles. The Bertz CT molecular complexity index is 1060. The normalized spacial score (nSPS) is 14.7. The van der Waals surface area contributed by atoms with Gasteiger partial charge in [-0.15, -0.1) is 11.3 Å². The molecule has 4 rings (SSSR count). The van der Waals surface area contributed by atoms with Crippen LogP contribution in [0.4, 0.5) is 4.39 Å². The van der Waals surface area contributed by atoms with Gasteiger partial charge in [-0.3, -0.25) is 9.59 Å². The molecular formula is C27H29FN2O2S. The molecule has 6 heteroatoms. The zero-order valence-corrected chi connectivity index (χ0v) is 19.6. The lowest BCUT2D eigenvalue weighted by Gasteiger charge is -2.32. The van der Waals surface area contributed by atoms with Crippen molar-refractivity contribution >= 4 is 23.2 Å². The van der Waals surface area contributed by atoms with E-state index in [-0.39, 0.29) is 30.1 Å². The first kappa shape index (κ1) is 23.2. The second-order valence-corrected chi connectivity index (χ2v) is 9.74. The first-order valence-electron chi connectivity index (χ1n) is 11.4. The first-order chi connectivity index (χ1) is 16.0. The molecule has 33 heavy (non-hydrogen) atoms. The lowest BCUT2D eigenvalue weighted by molar-refractivity contribution is -0.141. The van der Waals surface area contributed by atoms with E-state index in [4.69, 9.17) is 0 Å². The number of hydrogen-bond acceptors (Lipinski definition) is 3. The maximum Gasteiger partial charge on any atom is 0.247 e. The van der Waals surface area contributed by atoms with Crippen LogP contribution < -0.4 is 5.32 Å². The number of rotatable bonds is 8. The summed E-state index contributed by atoms with van der Waals surface area (Å²) in [7, 11) is 0. The van der Waals surface area contributed by atoms with Crippen molar-refractivity contribution in [3.05, 3.63) is 93.4 Å². The Kier molecular flexibility index (Phi) is 7.55. The minimum Gasteiger partial charge on any atom is -0.351 e.